The third-order valence-electron chi connectivity index (χ3n) is 4.10. The van der Waals surface area contributed by atoms with Crippen molar-refractivity contribution in [3.8, 4) is 0 Å². The van der Waals surface area contributed by atoms with E-state index in [1.165, 1.54) is 24.3 Å². The highest BCUT2D eigenvalue weighted by molar-refractivity contribution is 5.97. The van der Waals surface area contributed by atoms with Crippen LogP contribution in [0, 0.1) is 5.82 Å². The van der Waals surface area contributed by atoms with Gasteiger partial charge in [0.05, 0.1) is 12.1 Å². The van der Waals surface area contributed by atoms with Gasteiger partial charge in [-0.25, -0.2) is 4.39 Å². The van der Waals surface area contributed by atoms with Gasteiger partial charge in [-0.3, -0.25) is 19.5 Å². The number of rotatable bonds is 4. The molecule has 1 amide bonds. The molecule has 0 atom stereocenters. The predicted octanol–water partition coefficient (Wildman–Crippen LogP) is 1.86. The summed E-state index contributed by atoms with van der Waals surface area (Å²) in [5.41, 5.74) is 1.08. The molecule has 5 nitrogen and oxygen atoms in total. The summed E-state index contributed by atoms with van der Waals surface area (Å²) in [5, 5.41) is 0. The Bertz CT molecular complexity index is 711. The fourth-order valence-electron chi connectivity index (χ4n) is 2.71. The van der Waals surface area contributed by atoms with Crippen LogP contribution in [-0.4, -0.2) is 59.2 Å². The van der Waals surface area contributed by atoms with Gasteiger partial charge in [0.15, 0.2) is 5.78 Å². The van der Waals surface area contributed by atoms with Crippen molar-refractivity contribution in [2.24, 2.45) is 0 Å². The average Bonchev–Trinajstić information content (AvgIpc) is 2.63. The van der Waals surface area contributed by atoms with Crippen molar-refractivity contribution in [2.45, 2.75) is 0 Å². The number of carbonyl (C=O) groups is 2. The molecule has 0 saturated carbocycles. The highest BCUT2D eigenvalue weighted by atomic mass is 19.1. The molecule has 3 rings (SSSR count). The van der Waals surface area contributed by atoms with Crippen LogP contribution in [-0.2, 0) is 0 Å². The van der Waals surface area contributed by atoms with Gasteiger partial charge in [0, 0.05) is 44.1 Å². The van der Waals surface area contributed by atoms with Crippen LogP contribution in [0.15, 0.2) is 48.8 Å². The zero-order chi connectivity index (χ0) is 16.9. The Labute approximate surface area is 139 Å². The molecule has 0 bridgehead atoms. The van der Waals surface area contributed by atoms with Crippen molar-refractivity contribution < 1.29 is 14.0 Å². The zero-order valence-electron chi connectivity index (χ0n) is 13.2. The number of halogens is 1. The summed E-state index contributed by atoms with van der Waals surface area (Å²) in [6, 6.07) is 9.07. The molecular weight excluding hydrogens is 309 g/mol. The first-order valence-corrected chi connectivity index (χ1v) is 7.84. The number of pyridine rings is 1. The highest BCUT2D eigenvalue weighted by Crippen LogP contribution is 2.10. The molecule has 6 heteroatoms. The summed E-state index contributed by atoms with van der Waals surface area (Å²) in [7, 11) is 0. The van der Waals surface area contributed by atoms with Gasteiger partial charge in [-0.05, 0) is 36.4 Å². The molecule has 2 heterocycles. The quantitative estimate of drug-likeness (QED) is 0.805. The van der Waals surface area contributed by atoms with Gasteiger partial charge in [-0.1, -0.05) is 0 Å². The second-order valence-electron chi connectivity index (χ2n) is 5.74. The molecule has 2 aromatic rings. The van der Waals surface area contributed by atoms with Crippen LogP contribution in [0.2, 0.25) is 0 Å². The topological polar surface area (TPSA) is 53.5 Å². The molecule has 1 fully saturated rings. The van der Waals surface area contributed by atoms with Crippen LogP contribution in [0.1, 0.15) is 20.7 Å². The van der Waals surface area contributed by atoms with E-state index in [1.807, 2.05) is 4.90 Å². The van der Waals surface area contributed by atoms with Crippen LogP contribution < -0.4 is 0 Å². The molecule has 0 aliphatic carbocycles. The fraction of sp³-hybridized carbons (Fsp3) is 0.278. The second kappa shape index (κ2) is 7.31. The van der Waals surface area contributed by atoms with Crippen LogP contribution >= 0.6 is 0 Å². The van der Waals surface area contributed by atoms with Crippen molar-refractivity contribution in [1.29, 1.82) is 0 Å². The number of Topliss-reactive ketones (excluding diaryl/α,β-unsaturated/α-hetero) is 1. The Hall–Kier alpha value is -2.60. The van der Waals surface area contributed by atoms with Crippen molar-refractivity contribution in [3.05, 3.63) is 65.7 Å². The number of carbonyl (C=O) groups excluding carboxylic acids is 2. The molecule has 0 radical (unpaired) electrons. The molecule has 24 heavy (non-hydrogen) atoms. The van der Waals surface area contributed by atoms with E-state index in [0.29, 0.717) is 37.3 Å². The lowest BCUT2D eigenvalue weighted by Gasteiger charge is -2.34. The molecule has 0 N–H and O–H groups in total. The molecule has 1 aromatic heterocycles. The number of aromatic nitrogens is 1. The van der Waals surface area contributed by atoms with Gasteiger partial charge >= 0.3 is 0 Å². The van der Waals surface area contributed by atoms with Gasteiger partial charge in [0.25, 0.3) is 5.91 Å². The van der Waals surface area contributed by atoms with Gasteiger partial charge < -0.3 is 4.90 Å². The predicted molar refractivity (Wildman–Crippen MR) is 87.3 cm³/mol. The van der Waals surface area contributed by atoms with E-state index in [0.717, 1.165) is 0 Å². The minimum Gasteiger partial charge on any atom is -0.336 e. The summed E-state index contributed by atoms with van der Waals surface area (Å²) in [6.45, 7) is 2.70. The normalized spacial score (nSPS) is 15.3. The Morgan fingerprint density at radius 2 is 1.71 bits per heavy atom. The number of ketones is 1. The van der Waals surface area contributed by atoms with Gasteiger partial charge in [-0.15, -0.1) is 0 Å². The molecule has 124 valence electrons. The summed E-state index contributed by atoms with van der Waals surface area (Å²) >= 11 is 0. The summed E-state index contributed by atoms with van der Waals surface area (Å²) in [4.78, 5) is 32.3. The maximum Gasteiger partial charge on any atom is 0.255 e. The smallest absolute Gasteiger partial charge is 0.255 e. The monoisotopic (exact) mass is 327 g/mol. The van der Waals surface area contributed by atoms with Crippen LogP contribution in [0.25, 0.3) is 0 Å². The van der Waals surface area contributed by atoms with Crippen LogP contribution in [0.3, 0.4) is 0 Å². The van der Waals surface area contributed by atoms with E-state index < -0.39 is 0 Å². The van der Waals surface area contributed by atoms with Crippen molar-refractivity contribution >= 4 is 11.7 Å². The van der Waals surface area contributed by atoms with E-state index in [1.54, 1.807) is 29.4 Å². The van der Waals surface area contributed by atoms with Crippen molar-refractivity contribution in [2.75, 3.05) is 32.7 Å². The number of hydrogen-bond acceptors (Lipinski definition) is 4. The Kier molecular flexibility index (Phi) is 4.96. The van der Waals surface area contributed by atoms with Gasteiger partial charge in [-0.2, -0.15) is 0 Å². The molecule has 1 aliphatic rings. The maximum absolute atomic E-state index is 12.9. The third-order valence-corrected chi connectivity index (χ3v) is 4.10. The first kappa shape index (κ1) is 16.3. The lowest BCUT2D eigenvalue weighted by Crippen LogP contribution is -2.49. The number of benzene rings is 1. The third kappa shape index (κ3) is 3.83. The minimum atomic E-state index is -0.353. The molecule has 0 spiro atoms. The summed E-state index contributed by atoms with van der Waals surface area (Å²) < 4.78 is 12.9. The number of amides is 1. The van der Waals surface area contributed by atoms with E-state index in [9.17, 15) is 14.0 Å². The van der Waals surface area contributed by atoms with E-state index in [-0.39, 0.29) is 24.1 Å². The molecule has 1 aromatic carbocycles. The minimum absolute atomic E-state index is 0.0346. The fourth-order valence-corrected chi connectivity index (χ4v) is 2.71. The maximum atomic E-state index is 12.9. The van der Waals surface area contributed by atoms with Crippen molar-refractivity contribution in [1.82, 2.24) is 14.8 Å². The Morgan fingerprint density at radius 3 is 2.33 bits per heavy atom. The lowest BCUT2D eigenvalue weighted by atomic mass is 10.1. The average molecular weight is 327 g/mol. The largest absolute Gasteiger partial charge is 0.336 e. The zero-order valence-corrected chi connectivity index (χ0v) is 13.2. The highest BCUT2D eigenvalue weighted by Gasteiger charge is 2.23. The van der Waals surface area contributed by atoms with E-state index in [4.69, 9.17) is 0 Å². The molecule has 0 unspecified atom stereocenters. The first-order valence-electron chi connectivity index (χ1n) is 7.84. The number of nitrogens with zero attached hydrogens (tertiary/aromatic N) is 3. The number of hydrogen-bond donors (Lipinski definition) is 0. The molecule has 1 saturated heterocycles. The van der Waals surface area contributed by atoms with E-state index in [2.05, 4.69) is 4.98 Å². The second-order valence-corrected chi connectivity index (χ2v) is 5.74. The van der Waals surface area contributed by atoms with Gasteiger partial charge in [0.2, 0.25) is 0 Å². The molecular formula is C18H18FN3O2. The SMILES string of the molecule is O=C(CN1CCN(C(=O)c2cccnc2)CC1)c1ccc(F)cc1. The first-order chi connectivity index (χ1) is 11.6. The van der Waals surface area contributed by atoms with Crippen LogP contribution in [0.4, 0.5) is 4.39 Å². The number of piperazine rings is 1. The van der Waals surface area contributed by atoms with Crippen LogP contribution in [0.5, 0.6) is 0 Å². The standard InChI is InChI=1S/C18H18FN3O2/c19-16-5-3-14(4-6-16)17(23)13-21-8-10-22(11-9-21)18(24)15-2-1-7-20-12-15/h1-7,12H,8-11,13H2. The molecule has 1 aliphatic heterocycles. The lowest BCUT2D eigenvalue weighted by molar-refractivity contribution is 0.0624. The van der Waals surface area contributed by atoms with E-state index >= 15 is 0 Å². The summed E-state index contributed by atoms with van der Waals surface area (Å²) in [5.74, 6) is -0.427. The van der Waals surface area contributed by atoms with Crippen molar-refractivity contribution in [3.63, 3.8) is 0 Å². The Balaban J connectivity index is 1.53. The van der Waals surface area contributed by atoms with Gasteiger partial charge in [0.1, 0.15) is 5.82 Å². The summed E-state index contributed by atoms with van der Waals surface area (Å²) in [6.07, 6.45) is 3.20. The Morgan fingerprint density at radius 1 is 1.00 bits per heavy atom.